The van der Waals surface area contributed by atoms with Crippen molar-refractivity contribution in [3.8, 4) is 0 Å². The summed E-state index contributed by atoms with van der Waals surface area (Å²) in [5, 5.41) is 22.4. The van der Waals surface area contributed by atoms with Gasteiger partial charge >= 0.3 is 0 Å². The quantitative estimate of drug-likeness (QED) is 0.689. The van der Waals surface area contributed by atoms with Crippen LogP contribution in [0.3, 0.4) is 0 Å². The lowest BCUT2D eigenvalue weighted by Crippen LogP contribution is -2.45. The maximum Gasteiger partial charge on any atom is 0.138 e. The minimum absolute atomic E-state index is 0.146. The first-order chi connectivity index (χ1) is 8.49. The molecule has 0 saturated carbocycles. The number of halogens is 1. The van der Waals surface area contributed by atoms with Gasteiger partial charge in [0.15, 0.2) is 0 Å². The normalized spacial score (nSPS) is 11.9. The summed E-state index contributed by atoms with van der Waals surface area (Å²) >= 11 is 6.07. The van der Waals surface area contributed by atoms with E-state index in [0.717, 1.165) is 5.56 Å². The van der Waals surface area contributed by atoms with Crippen molar-refractivity contribution in [1.29, 1.82) is 0 Å². The van der Waals surface area contributed by atoms with Crippen LogP contribution in [0.4, 0.5) is 5.82 Å². The maximum absolute atomic E-state index is 9.44. The summed E-state index contributed by atoms with van der Waals surface area (Å²) in [6.45, 7) is 5.50. The molecule has 18 heavy (non-hydrogen) atoms. The third-order valence-electron chi connectivity index (χ3n) is 3.08. The second-order valence-electron chi connectivity index (χ2n) is 4.66. The molecule has 0 bridgehead atoms. The Morgan fingerprint density at radius 2 is 1.94 bits per heavy atom. The number of hydrogen-bond acceptors (Lipinski definition) is 5. The highest BCUT2D eigenvalue weighted by molar-refractivity contribution is 6.30. The summed E-state index contributed by atoms with van der Waals surface area (Å²) < 4.78 is 0. The monoisotopic (exact) mass is 273 g/mol. The van der Waals surface area contributed by atoms with Crippen LogP contribution in [0.1, 0.15) is 38.7 Å². The Kier molecular flexibility index (Phi) is 5.31. The Morgan fingerprint density at radius 1 is 1.33 bits per heavy atom. The molecule has 6 heteroatoms. The summed E-state index contributed by atoms with van der Waals surface area (Å²) in [5.41, 5.74) is 0.000285. The van der Waals surface area contributed by atoms with Gasteiger partial charge in [0, 0.05) is 5.56 Å². The highest BCUT2D eigenvalue weighted by atomic mass is 35.5. The average molecular weight is 274 g/mol. The molecule has 0 saturated heterocycles. The fourth-order valence-electron chi connectivity index (χ4n) is 1.68. The number of aromatic nitrogens is 2. The van der Waals surface area contributed by atoms with Gasteiger partial charge in [-0.1, -0.05) is 32.4 Å². The lowest BCUT2D eigenvalue weighted by Gasteiger charge is -2.31. The number of nitrogens with one attached hydrogen (secondary N) is 1. The molecule has 0 aliphatic rings. The molecule has 1 aromatic heterocycles. The van der Waals surface area contributed by atoms with E-state index in [0.29, 0.717) is 17.4 Å². The summed E-state index contributed by atoms with van der Waals surface area (Å²) in [4.78, 5) is 8.12. The fraction of sp³-hybridized carbons (Fsp3) is 0.667. The third-order valence-corrected chi connectivity index (χ3v) is 3.38. The number of anilines is 1. The molecule has 0 spiro atoms. The minimum atomic E-state index is -0.790. The zero-order valence-electron chi connectivity index (χ0n) is 10.9. The molecule has 1 rings (SSSR count). The number of aliphatic hydroxyl groups excluding tert-OH is 2. The number of hydrogen-bond donors (Lipinski definition) is 3. The van der Waals surface area contributed by atoms with Crippen LogP contribution >= 0.6 is 11.6 Å². The Balaban J connectivity index is 3.14. The maximum atomic E-state index is 9.44. The van der Waals surface area contributed by atoms with E-state index in [9.17, 15) is 10.2 Å². The van der Waals surface area contributed by atoms with Gasteiger partial charge in [0.1, 0.15) is 17.3 Å². The predicted molar refractivity (Wildman–Crippen MR) is 71.9 cm³/mol. The van der Waals surface area contributed by atoms with E-state index < -0.39 is 5.54 Å². The predicted octanol–water partition coefficient (Wildman–Crippen LogP) is 1.80. The molecular formula is C12H20ClN3O2. The highest BCUT2D eigenvalue weighted by Crippen LogP contribution is 2.30. The lowest BCUT2D eigenvalue weighted by atomic mass is 9.97. The van der Waals surface area contributed by atoms with E-state index in [-0.39, 0.29) is 19.1 Å². The van der Waals surface area contributed by atoms with Crippen molar-refractivity contribution in [2.24, 2.45) is 0 Å². The van der Waals surface area contributed by atoms with E-state index in [1.54, 1.807) is 0 Å². The molecule has 3 N–H and O–H groups in total. The van der Waals surface area contributed by atoms with Crippen molar-refractivity contribution < 1.29 is 10.2 Å². The van der Waals surface area contributed by atoms with Crippen LogP contribution in [-0.4, -0.2) is 38.9 Å². The molecule has 0 aliphatic carbocycles. The molecular weight excluding hydrogens is 254 g/mol. The van der Waals surface area contributed by atoms with Crippen LogP contribution in [0.15, 0.2) is 6.33 Å². The van der Waals surface area contributed by atoms with Gasteiger partial charge in [0.05, 0.1) is 18.8 Å². The molecule has 0 radical (unpaired) electrons. The summed E-state index contributed by atoms with van der Waals surface area (Å²) in [6.07, 6.45) is 1.94. The van der Waals surface area contributed by atoms with Crippen molar-refractivity contribution in [2.75, 3.05) is 18.5 Å². The number of nitrogens with zero attached hydrogens (tertiary/aromatic N) is 2. The van der Waals surface area contributed by atoms with Gasteiger partial charge in [-0.3, -0.25) is 0 Å². The molecule has 0 atom stereocenters. The largest absolute Gasteiger partial charge is 0.394 e. The van der Waals surface area contributed by atoms with Crippen LogP contribution in [0.25, 0.3) is 0 Å². The Bertz CT molecular complexity index is 387. The van der Waals surface area contributed by atoms with Gasteiger partial charge in [-0.15, -0.1) is 0 Å². The van der Waals surface area contributed by atoms with Crippen molar-refractivity contribution >= 4 is 17.4 Å². The zero-order valence-corrected chi connectivity index (χ0v) is 11.7. The van der Waals surface area contributed by atoms with Gasteiger partial charge in [0.2, 0.25) is 0 Å². The summed E-state index contributed by atoms with van der Waals surface area (Å²) in [7, 11) is 0. The molecule has 1 heterocycles. The molecule has 0 fully saturated rings. The van der Waals surface area contributed by atoms with Gasteiger partial charge in [0.25, 0.3) is 0 Å². The van der Waals surface area contributed by atoms with Crippen LogP contribution in [0, 0.1) is 0 Å². The van der Waals surface area contributed by atoms with Gasteiger partial charge in [-0.05, 0) is 12.3 Å². The van der Waals surface area contributed by atoms with Gasteiger partial charge in [-0.25, -0.2) is 9.97 Å². The Hall–Kier alpha value is -0.910. The van der Waals surface area contributed by atoms with Crippen molar-refractivity contribution in [3.05, 3.63) is 17.0 Å². The molecule has 0 amide bonds. The molecule has 102 valence electrons. The molecule has 1 aromatic rings. The van der Waals surface area contributed by atoms with Gasteiger partial charge in [-0.2, -0.15) is 0 Å². The SMILES string of the molecule is CCC(CO)(CO)Nc1ncnc(Cl)c1C(C)C. The van der Waals surface area contributed by atoms with E-state index in [2.05, 4.69) is 15.3 Å². The molecule has 0 aromatic carbocycles. The average Bonchev–Trinajstić information content (AvgIpc) is 2.35. The Morgan fingerprint density at radius 3 is 2.39 bits per heavy atom. The van der Waals surface area contributed by atoms with Crippen molar-refractivity contribution in [2.45, 2.75) is 38.6 Å². The second kappa shape index (κ2) is 6.31. The van der Waals surface area contributed by atoms with Gasteiger partial charge < -0.3 is 15.5 Å². The first-order valence-electron chi connectivity index (χ1n) is 6.00. The highest BCUT2D eigenvalue weighted by Gasteiger charge is 2.28. The van der Waals surface area contributed by atoms with Crippen LogP contribution in [0.2, 0.25) is 5.15 Å². The minimum Gasteiger partial charge on any atom is -0.394 e. The Labute approximate surface area is 112 Å². The van der Waals surface area contributed by atoms with E-state index in [4.69, 9.17) is 11.6 Å². The van der Waals surface area contributed by atoms with Crippen molar-refractivity contribution in [1.82, 2.24) is 9.97 Å². The molecule has 5 nitrogen and oxygen atoms in total. The van der Waals surface area contributed by atoms with E-state index in [1.807, 2.05) is 20.8 Å². The van der Waals surface area contributed by atoms with Crippen LogP contribution < -0.4 is 5.32 Å². The third kappa shape index (κ3) is 3.10. The molecule has 0 aliphatic heterocycles. The lowest BCUT2D eigenvalue weighted by molar-refractivity contribution is 0.132. The van der Waals surface area contributed by atoms with Crippen LogP contribution in [-0.2, 0) is 0 Å². The van der Waals surface area contributed by atoms with E-state index >= 15 is 0 Å². The number of aliphatic hydroxyl groups is 2. The summed E-state index contributed by atoms with van der Waals surface area (Å²) in [5.74, 6) is 0.711. The number of rotatable bonds is 6. The smallest absolute Gasteiger partial charge is 0.138 e. The topological polar surface area (TPSA) is 78.3 Å². The first-order valence-corrected chi connectivity index (χ1v) is 6.37. The van der Waals surface area contributed by atoms with Crippen LogP contribution in [0.5, 0.6) is 0 Å². The molecule has 0 unspecified atom stereocenters. The zero-order chi connectivity index (χ0) is 13.8. The first kappa shape index (κ1) is 15.1. The van der Waals surface area contributed by atoms with Crippen molar-refractivity contribution in [3.63, 3.8) is 0 Å². The summed E-state index contributed by atoms with van der Waals surface area (Å²) in [6, 6.07) is 0. The second-order valence-corrected chi connectivity index (χ2v) is 5.01. The van der Waals surface area contributed by atoms with E-state index in [1.165, 1.54) is 6.33 Å². The standard InChI is InChI=1S/C12H20ClN3O2/c1-4-12(5-17,6-18)16-11-9(8(2)3)10(13)14-7-15-11/h7-8,17-18H,4-6H2,1-3H3,(H,14,15,16). The fourth-order valence-corrected chi connectivity index (χ4v) is 2.03.